The molecule has 28 heavy (non-hydrogen) atoms. The molecule has 8 nitrogen and oxygen atoms in total. The lowest BCUT2D eigenvalue weighted by atomic mass is 10.1. The van der Waals surface area contributed by atoms with Crippen molar-refractivity contribution < 1.29 is 17.5 Å². The largest absolute Gasteiger partial charge is 0.356 e. The van der Waals surface area contributed by atoms with Gasteiger partial charge in [0.05, 0.1) is 17.1 Å². The number of benzene rings is 1. The van der Waals surface area contributed by atoms with E-state index < -0.39 is 10.0 Å². The number of sulfonamides is 1. The highest BCUT2D eigenvalue weighted by Gasteiger charge is 2.28. The van der Waals surface area contributed by atoms with Gasteiger partial charge in [-0.05, 0) is 25.5 Å². The van der Waals surface area contributed by atoms with Gasteiger partial charge in [0.2, 0.25) is 15.9 Å². The molecule has 0 aliphatic heterocycles. The van der Waals surface area contributed by atoms with Crippen molar-refractivity contribution in [2.45, 2.75) is 52.0 Å². The standard InChI is InChI=1S/C19H24N4O4S/c1-6-23(11-18-20-19(12(2)3)22-27-18)28(24,25)17-10-15(8-7-13(17)4)16-9-14(5)21-26-16/h7-10,12H,6,11H2,1-5H3. The summed E-state index contributed by atoms with van der Waals surface area (Å²) in [6.45, 7) is 9.53. The number of aryl methyl sites for hydroxylation is 2. The molecule has 9 heteroatoms. The molecule has 0 unspecified atom stereocenters. The number of aromatic nitrogens is 3. The molecule has 0 fully saturated rings. The highest BCUT2D eigenvalue weighted by molar-refractivity contribution is 7.89. The smallest absolute Gasteiger partial charge is 0.243 e. The van der Waals surface area contributed by atoms with Gasteiger partial charge in [-0.2, -0.15) is 9.29 Å². The second-order valence-electron chi connectivity index (χ2n) is 6.95. The van der Waals surface area contributed by atoms with Gasteiger partial charge in [-0.3, -0.25) is 0 Å². The zero-order valence-corrected chi connectivity index (χ0v) is 17.4. The molecule has 0 aliphatic carbocycles. The maximum absolute atomic E-state index is 13.3. The topological polar surface area (TPSA) is 102 Å². The molecular weight excluding hydrogens is 380 g/mol. The molecule has 0 radical (unpaired) electrons. The van der Waals surface area contributed by atoms with Crippen LogP contribution in [0.1, 0.15) is 49.7 Å². The number of hydrogen-bond donors (Lipinski definition) is 0. The third kappa shape index (κ3) is 4.00. The van der Waals surface area contributed by atoms with E-state index in [0.717, 1.165) is 5.69 Å². The zero-order valence-electron chi connectivity index (χ0n) is 16.6. The minimum absolute atomic E-state index is 0.0175. The summed E-state index contributed by atoms with van der Waals surface area (Å²) in [6, 6.07) is 6.96. The first-order chi connectivity index (χ1) is 13.2. The Morgan fingerprint density at radius 3 is 2.43 bits per heavy atom. The second kappa shape index (κ2) is 7.84. The van der Waals surface area contributed by atoms with Gasteiger partial charge in [0.25, 0.3) is 0 Å². The van der Waals surface area contributed by atoms with Crippen LogP contribution in [0.3, 0.4) is 0 Å². The predicted molar refractivity (Wildman–Crippen MR) is 103 cm³/mol. The molecule has 2 heterocycles. The second-order valence-corrected chi connectivity index (χ2v) is 8.85. The Morgan fingerprint density at radius 2 is 1.86 bits per heavy atom. The summed E-state index contributed by atoms with van der Waals surface area (Å²) in [5.74, 6) is 1.46. The third-order valence-corrected chi connectivity index (χ3v) is 6.45. The third-order valence-electron chi connectivity index (χ3n) is 4.38. The van der Waals surface area contributed by atoms with Gasteiger partial charge >= 0.3 is 0 Å². The van der Waals surface area contributed by atoms with E-state index in [2.05, 4.69) is 15.3 Å². The predicted octanol–water partition coefficient (Wildman–Crippen LogP) is 3.68. The molecule has 3 aromatic rings. The van der Waals surface area contributed by atoms with Crippen LogP contribution in [0.4, 0.5) is 0 Å². The van der Waals surface area contributed by atoms with Crippen molar-refractivity contribution in [2.75, 3.05) is 6.54 Å². The van der Waals surface area contributed by atoms with E-state index >= 15 is 0 Å². The Balaban J connectivity index is 1.95. The van der Waals surface area contributed by atoms with Crippen molar-refractivity contribution in [1.82, 2.24) is 19.6 Å². The van der Waals surface area contributed by atoms with E-state index in [1.165, 1.54) is 4.31 Å². The van der Waals surface area contributed by atoms with Gasteiger partial charge in [-0.1, -0.05) is 43.2 Å². The van der Waals surface area contributed by atoms with Crippen LogP contribution >= 0.6 is 0 Å². The van der Waals surface area contributed by atoms with Gasteiger partial charge < -0.3 is 9.05 Å². The molecule has 1 aromatic carbocycles. The van der Waals surface area contributed by atoms with E-state index in [-0.39, 0.29) is 29.8 Å². The maximum Gasteiger partial charge on any atom is 0.243 e. The van der Waals surface area contributed by atoms with Crippen LogP contribution in [-0.4, -0.2) is 34.6 Å². The quantitative estimate of drug-likeness (QED) is 0.592. The highest BCUT2D eigenvalue weighted by Crippen LogP contribution is 2.28. The lowest BCUT2D eigenvalue weighted by Gasteiger charge is -2.20. The molecular formula is C19H24N4O4S. The summed E-state index contributed by atoms with van der Waals surface area (Å²) >= 11 is 0. The summed E-state index contributed by atoms with van der Waals surface area (Å²) in [6.07, 6.45) is 0. The first-order valence-electron chi connectivity index (χ1n) is 9.09. The normalized spacial score (nSPS) is 12.2. The van der Waals surface area contributed by atoms with Crippen LogP contribution < -0.4 is 0 Å². The Hall–Kier alpha value is -2.52. The highest BCUT2D eigenvalue weighted by atomic mass is 32.2. The molecule has 0 aliphatic rings. The fourth-order valence-corrected chi connectivity index (χ4v) is 4.40. The van der Waals surface area contributed by atoms with E-state index in [1.807, 2.05) is 26.8 Å². The zero-order chi connectivity index (χ0) is 20.5. The van der Waals surface area contributed by atoms with E-state index in [1.54, 1.807) is 32.0 Å². The molecule has 0 saturated heterocycles. The monoisotopic (exact) mass is 404 g/mol. The summed E-state index contributed by atoms with van der Waals surface area (Å²) in [4.78, 5) is 4.50. The number of nitrogens with zero attached hydrogens (tertiary/aromatic N) is 4. The molecule has 0 bridgehead atoms. The lowest BCUT2D eigenvalue weighted by molar-refractivity contribution is 0.319. The van der Waals surface area contributed by atoms with Crippen molar-refractivity contribution in [3.63, 3.8) is 0 Å². The summed E-state index contributed by atoms with van der Waals surface area (Å²) in [7, 11) is -3.77. The van der Waals surface area contributed by atoms with Gasteiger partial charge in [0.1, 0.15) is 0 Å². The molecule has 0 N–H and O–H groups in total. The fraction of sp³-hybridized carbons (Fsp3) is 0.421. The molecule has 3 rings (SSSR count). The van der Waals surface area contributed by atoms with Crippen LogP contribution in [0.25, 0.3) is 11.3 Å². The average Bonchev–Trinajstić information content (AvgIpc) is 3.29. The Labute approximate surface area is 164 Å². The summed E-state index contributed by atoms with van der Waals surface area (Å²) < 4.78 is 38.4. The Kier molecular flexibility index (Phi) is 5.66. The SMILES string of the molecule is CCN(Cc1nc(C(C)C)no1)S(=O)(=O)c1cc(-c2cc(C)no2)ccc1C. The lowest BCUT2D eigenvalue weighted by Crippen LogP contribution is -2.31. The van der Waals surface area contributed by atoms with Crippen molar-refractivity contribution in [1.29, 1.82) is 0 Å². The summed E-state index contributed by atoms with van der Waals surface area (Å²) in [5, 5.41) is 7.77. The molecule has 0 saturated carbocycles. The van der Waals surface area contributed by atoms with Gasteiger partial charge in [0.15, 0.2) is 11.6 Å². The van der Waals surface area contributed by atoms with Crippen LogP contribution in [0, 0.1) is 13.8 Å². The van der Waals surface area contributed by atoms with Crippen molar-refractivity contribution in [3.8, 4) is 11.3 Å². The minimum Gasteiger partial charge on any atom is -0.356 e. The van der Waals surface area contributed by atoms with E-state index in [9.17, 15) is 8.42 Å². The molecule has 0 atom stereocenters. The van der Waals surface area contributed by atoms with Crippen LogP contribution in [0.2, 0.25) is 0 Å². The maximum atomic E-state index is 13.3. The van der Waals surface area contributed by atoms with Crippen molar-refractivity contribution >= 4 is 10.0 Å². The fourth-order valence-electron chi connectivity index (χ4n) is 2.75. The Morgan fingerprint density at radius 1 is 1.11 bits per heavy atom. The van der Waals surface area contributed by atoms with E-state index in [4.69, 9.17) is 9.05 Å². The molecule has 150 valence electrons. The van der Waals surface area contributed by atoms with E-state index in [0.29, 0.717) is 22.7 Å². The first kappa shape index (κ1) is 20.2. The average molecular weight is 404 g/mol. The van der Waals surface area contributed by atoms with Crippen LogP contribution in [-0.2, 0) is 16.6 Å². The van der Waals surface area contributed by atoms with Crippen molar-refractivity contribution in [2.24, 2.45) is 0 Å². The minimum atomic E-state index is -3.77. The van der Waals surface area contributed by atoms with Gasteiger partial charge in [-0.15, -0.1) is 0 Å². The van der Waals surface area contributed by atoms with Crippen LogP contribution in [0.15, 0.2) is 38.2 Å². The Bertz CT molecular complexity index is 1070. The summed E-state index contributed by atoms with van der Waals surface area (Å²) in [5.41, 5.74) is 2.03. The first-order valence-corrected chi connectivity index (χ1v) is 10.5. The van der Waals surface area contributed by atoms with Gasteiger partial charge in [0, 0.05) is 24.1 Å². The number of hydrogen-bond acceptors (Lipinski definition) is 7. The number of rotatable bonds is 7. The van der Waals surface area contributed by atoms with Crippen LogP contribution in [0.5, 0.6) is 0 Å². The van der Waals surface area contributed by atoms with Gasteiger partial charge in [-0.25, -0.2) is 8.42 Å². The molecule has 2 aromatic heterocycles. The van der Waals surface area contributed by atoms with Crippen molar-refractivity contribution in [3.05, 3.63) is 47.2 Å². The molecule has 0 spiro atoms. The molecule has 0 amide bonds.